The van der Waals surface area contributed by atoms with Crippen molar-refractivity contribution in [2.24, 2.45) is 0 Å². The van der Waals surface area contributed by atoms with Gasteiger partial charge in [0.15, 0.2) is 6.10 Å². The van der Waals surface area contributed by atoms with Crippen molar-refractivity contribution in [3.63, 3.8) is 0 Å². The van der Waals surface area contributed by atoms with Gasteiger partial charge in [-0.15, -0.1) is 0 Å². The molecule has 5 nitrogen and oxygen atoms in total. The lowest BCUT2D eigenvalue weighted by Gasteiger charge is -2.18. The molecule has 3 unspecified atom stereocenters. The fourth-order valence-electron chi connectivity index (χ4n) is 3.89. The predicted molar refractivity (Wildman–Crippen MR) is 114 cm³/mol. The zero-order chi connectivity index (χ0) is 20.8. The Hall–Kier alpha value is -2.08. The number of carboxylic acids is 1. The molecule has 4 atom stereocenters. The third kappa shape index (κ3) is 5.95. The van der Waals surface area contributed by atoms with Crippen LogP contribution in [-0.2, 0) is 4.79 Å². The molecule has 0 saturated heterocycles. The van der Waals surface area contributed by atoms with Crippen LogP contribution in [0.25, 0.3) is 0 Å². The van der Waals surface area contributed by atoms with Crippen molar-refractivity contribution >= 4 is 17.6 Å². The summed E-state index contributed by atoms with van der Waals surface area (Å²) < 4.78 is 5.63. The Bertz CT molecular complexity index is 828. The van der Waals surface area contributed by atoms with Gasteiger partial charge < -0.3 is 20.3 Å². The topological polar surface area (TPSA) is 78.8 Å². The Morgan fingerprint density at radius 2 is 2.03 bits per heavy atom. The van der Waals surface area contributed by atoms with Crippen molar-refractivity contribution in [2.45, 2.75) is 56.8 Å². The van der Waals surface area contributed by atoms with Gasteiger partial charge >= 0.3 is 5.97 Å². The van der Waals surface area contributed by atoms with Crippen LogP contribution in [0.3, 0.4) is 0 Å². The third-order valence-corrected chi connectivity index (χ3v) is 5.76. The second kappa shape index (κ2) is 10.1. The Kier molecular flexibility index (Phi) is 7.53. The first-order valence-electron chi connectivity index (χ1n) is 10.1. The molecule has 0 spiro atoms. The molecule has 0 bridgehead atoms. The van der Waals surface area contributed by atoms with E-state index in [2.05, 4.69) is 11.4 Å². The number of aliphatic carboxylic acids is 1. The van der Waals surface area contributed by atoms with Gasteiger partial charge in [-0.2, -0.15) is 0 Å². The molecule has 1 aliphatic rings. The van der Waals surface area contributed by atoms with Gasteiger partial charge in [-0.1, -0.05) is 42.8 Å². The summed E-state index contributed by atoms with van der Waals surface area (Å²) in [5.74, 6) is 0.0510. The maximum Gasteiger partial charge on any atom is 0.344 e. The van der Waals surface area contributed by atoms with Gasteiger partial charge in [0, 0.05) is 17.6 Å². The van der Waals surface area contributed by atoms with E-state index in [1.54, 1.807) is 25.1 Å². The van der Waals surface area contributed by atoms with Crippen LogP contribution in [0.4, 0.5) is 0 Å². The molecule has 0 aliphatic heterocycles. The number of rotatable bonds is 9. The van der Waals surface area contributed by atoms with Crippen molar-refractivity contribution in [2.75, 3.05) is 6.54 Å². The first-order valence-corrected chi connectivity index (χ1v) is 10.5. The number of aliphatic hydroxyl groups is 1. The van der Waals surface area contributed by atoms with E-state index in [9.17, 15) is 15.0 Å². The highest BCUT2D eigenvalue weighted by atomic mass is 35.5. The summed E-state index contributed by atoms with van der Waals surface area (Å²) in [7, 11) is 0. The number of carboxylic acid groups (broad SMARTS) is 1. The van der Waals surface area contributed by atoms with Gasteiger partial charge in [-0.3, -0.25) is 0 Å². The van der Waals surface area contributed by atoms with Gasteiger partial charge in [0.05, 0.1) is 6.10 Å². The van der Waals surface area contributed by atoms with Gasteiger partial charge in [-0.25, -0.2) is 4.79 Å². The molecule has 29 heavy (non-hydrogen) atoms. The van der Waals surface area contributed by atoms with Crippen LogP contribution in [0.2, 0.25) is 5.02 Å². The number of aliphatic hydroxyl groups excluding tert-OH is 1. The Morgan fingerprint density at radius 3 is 2.76 bits per heavy atom. The highest BCUT2D eigenvalue weighted by molar-refractivity contribution is 6.30. The van der Waals surface area contributed by atoms with Crippen LogP contribution in [0.15, 0.2) is 48.5 Å². The minimum atomic E-state index is -0.943. The van der Waals surface area contributed by atoms with E-state index in [0.29, 0.717) is 35.7 Å². The quantitative estimate of drug-likeness (QED) is 0.558. The van der Waals surface area contributed by atoms with Crippen LogP contribution in [0.5, 0.6) is 5.75 Å². The standard InChI is InChI=1S/C23H28ClNO4/c1-2-22(23(27)28)29-20-8-4-5-15(13-20)16-9-10-19(12-16)25-14-21(26)17-6-3-7-18(24)11-17/h3-8,11,13,16,19,21-22,25-26H,2,9-10,12,14H2,1H3,(H,27,28)/t16?,19?,21?,22-/m1/s1. The number of nitrogens with one attached hydrogen (secondary N) is 1. The van der Waals surface area contributed by atoms with Crippen LogP contribution in [0, 0.1) is 0 Å². The molecule has 0 amide bonds. The monoisotopic (exact) mass is 417 g/mol. The zero-order valence-electron chi connectivity index (χ0n) is 16.6. The molecule has 156 valence electrons. The van der Waals surface area contributed by atoms with Crippen molar-refractivity contribution in [1.82, 2.24) is 5.32 Å². The maximum absolute atomic E-state index is 11.2. The number of halogens is 1. The molecule has 2 aromatic rings. The summed E-state index contributed by atoms with van der Waals surface area (Å²) in [5.41, 5.74) is 1.98. The average molecular weight is 418 g/mol. The van der Waals surface area contributed by atoms with E-state index in [0.717, 1.165) is 24.8 Å². The van der Waals surface area contributed by atoms with Crippen molar-refractivity contribution < 1.29 is 19.7 Å². The summed E-state index contributed by atoms with van der Waals surface area (Å²) in [6.45, 7) is 2.28. The van der Waals surface area contributed by atoms with E-state index in [4.69, 9.17) is 16.3 Å². The average Bonchev–Trinajstić information content (AvgIpc) is 3.19. The summed E-state index contributed by atoms with van der Waals surface area (Å²) in [5, 5.41) is 23.7. The normalized spacial score (nSPS) is 20.9. The zero-order valence-corrected chi connectivity index (χ0v) is 17.3. The number of ether oxygens (including phenoxy) is 1. The van der Waals surface area contributed by atoms with Crippen LogP contribution < -0.4 is 10.1 Å². The molecule has 2 aromatic carbocycles. The molecule has 0 heterocycles. The van der Waals surface area contributed by atoms with E-state index in [1.165, 1.54) is 5.56 Å². The van der Waals surface area contributed by atoms with Gasteiger partial charge in [0.2, 0.25) is 0 Å². The van der Waals surface area contributed by atoms with Crippen molar-refractivity contribution in [3.8, 4) is 5.75 Å². The molecule has 1 aliphatic carbocycles. The molecule has 3 N–H and O–H groups in total. The summed E-state index contributed by atoms with van der Waals surface area (Å²) in [4.78, 5) is 11.2. The van der Waals surface area contributed by atoms with E-state index in [1.807, 2.05) is 24.3 Å². The number of carbonyl (C=O) groups is 1. The molecular formula is C23H28ClNO4. The minimum absolute atomic E-state index is 0.334. The highest BCUT2D eigenvalue weighted by Crippen LogP contribution is 2.36. The Morgan fingerprint density at radius 1 is 1.24 bits per heavy atom. The minimum Gasteiger partial charge on any atom is -0.479 e. The van der Waals surface area contributed by atoms with Crippen LogP contribution in [0.1, 0.15) is 55.8 Å². The van der Waals surface area contributed by atoms with Gasteiger partial charge in [0.1, 0.15) is 5.75 Å². The smallest absolute Gasteiger partial charge is 0.344 e. The maximum atomic E-state index is 11.2. The molecule has 0 radical (unpaired) electrons. The van der Waals surface area contributed by atoms with Crippen molar-refractivity contribution in [3.05, 3.63) is 64.7 Å². The molecule has 3 rings (SSSR count). The number of hydrogen-bond acceptors (Lipinski definition) is 4. The van der Waals surface area contributed by atoms with Crippen molar-refractivity contribution in [1.29, 1.82) is 0 Å². The fourth-order valence-corrected chi connectivity index (χ4v) is 4.09. The number of benzene rings is 2. The second-order valence-electron chi connectivity index (χ2n) is 7.61. The van der Waals surface area contributed by atoms with E-state index in [-0.39, 0.29) is 0 Å². The first kappa shape index (κ1) is 21.6. The predicted octanol–water partition coefficient (Wildman–Crippen LogP) is 4.54. The second-order valence-corrected chi connectivity index (χ2v) is 8.05. The van der Waals surface area contributed by atoms with Crippen LogP contribution >= 0.6 is 11.6 Å². The highest BCUT2D eigenvalue weighted by Gasteiger charge is 2.27. The first-order chi connectivity index (χ1) is 14.0. The fraction of sp³-hybridized carbons (Fsp3) is 0.435. The summed E-state index contributed by atoms with van der Waals surface area (Å²) in [6.07, 6.45) is 2.06. The Labute approximate surface area is 176 Å². The van der Waals surface area contributed by atoms with Gasteiger partial charge in [0.25, 0.3) is 0 Å². The van der Waals surface area contributed by atoms with E-state index < -0.39 is 18.2 Å². The van der Waals surface area contributed by atoms with Gasteiger partial charge in [-0.05, 0) is 67.0 Å². The lowest BCUT2D eigenvalue weighted by atomic mass is 9.97. The largest absolute Gasteiger partial charge is 0.479 e. The molecule has 1 fully saturated rings. The van der Waals surface area contributed by atoms with E-state index >= 15 is 0 Å². The molecule has 1 saturated carbocycles. The SMILES string of the molecule is CC[C@@H](Oc1cccc(C2CCC(NCC(O)c3cccc(Cl)c3)C2)c1)C(=O)O. The summed E-state index contributed by atoms with van der Waals surface area (Å²) in [6, 6.07) is 15.4. The third-order valence-electron chi connectivity index (χ3n) is 5.52. The molecule has 6 heteroatoms. The lowest BCUT2D eigenvalue weighted by Crippen LogP contribution is -2.30. The summed E-state index contributed by atoms with van der Waals surface area (Å²) >= 11 is 6.00. The molecule has 0 aromatic heterocycles. The lowest BCUT2D eigenvalue weighted by molar-refractivity contribution is -0.145. The molecular weight excluding hydrogens is 390 g/mol. The van der Waals surface area contributed by atoms with Crippen LogP contribution in [-0.4, -0.2) is 34.9 Å². The number of hydrogen-bond donors (Lipinski definition) is 3. The Balaban J connectivity index is 1.54.